The lowest BCUT2D eigenvalue weighted by Gasteiger charge is -2.06. The molecule has 134 valence electrons. The summed E-state index contributed by atoms with van der Waals surface area (Å²) in [5.41, 5.74) is 7.01. The highest BCUT2D eigenvalue weighted by molar-refractivity contribution is 7.18. The van der Waals surface area contributed by atoms with Gasteiger partial charge in [-0.3, -0.25) is 4.79 Å². The number of thiazole rings is 1. The van der Waals surface area contributed by atoms with Crippen molar-refractivity contribution in [3.8, 4) is 22.8 Å². The minimum Gasteiger partial charge on any atom is -0.457 e. The van der Waals surface area contributed by atoms with E-state index in [1.807, 2.05) is 54.6 Å². The third kappa shape index (κ3) is 4.19. The van der Waals surface area contributed by atoms with Gasteiger partial charge in [0.1, 0.15) is 16.4 Å². The maximum atomic E-state index is 12.2. The van der Waals surface area contributed by atoms with Crippen LogP contribution in [-0.4, -0.2) is 31.0 Å². The van der Waals surface area contributed by atoms with Crippen molar-refractivity contribution in [1.82, 2.24) is 10.3 Å². The third-order valence-corrected chi connectivity index (χ3v) is 4.60. The summed E-state index contributed by atoms with van der Waals surface area (Å²) in [7, 11) is 1.61. The molecule has 0 atom stereocenters. The number of hydrogen-bond donors (Lipinski definition) is 3. The van der Waals surface area contributed by atoms with E-state index in [0.717, 1.165) is 17.1 Å². The molecule has 0 spiro atoms. The SMILES string of the molecule is CNC(=O)c1sc(NCCN)nc1-c1ccc(Oc2ccccc2)cc1. The second-order valence-corrected chi connectivity index (χ2v) is 6.43. The molecule has 0 unspecified atom stereocenters. The van der Waals surface area contributed by atoms with Crippen molar-refractivity contribution in [1.29, 1.82) is 0 Å². The average molecular weight is 368 g/mol. The standard InChI is InChI=1S/C19H20N4O2S/c1-21-18(24)17-16(23-19(26-17)22-12-11-20)13-7-9-15(10-8-13)25-14-5-3-2-4-6-14/h2-10H,11-12,20H2,1H3,(H,21,24)(H,22,23). The molecule has 0 aliphatic rings. The van der Waals surface area contributed by atoms with Crippen molar-refractivity contribution in [3.05, 3.63) is 59.5 Å². The fourth-order valence-corrected chi connectivity index (χ4v) is 3.30. The molecule has 3 aromatic rings. The molecule has 2 aromatic carbocycles. The number of nitrogens with zero attached hydrogens (tertiary/aromatic N) is 1. The summed E-state index contributed by atoms with van der Waals surface area (Å²) in [6.07, 6.45) is 0. The van der Waals surface area contributed by atoms with Crippen molar-refractivity contribution in [2.45, 2.75) is 0 Å². The number of aromatic nitrogens is 1. The molecule has 1 heterocycles. The van der Waals surface area contributed by atoms with Crippen LogP contribution in [0.15, 0.2) is 54.6 Å². The van der Waals surface area contributed by atoms with E-state index in [9.17, 15) is 4.79 Å². The van der Waals surface area contributed by atoms with Gasteiger partial charge in [-0.25, -0.2) is 4.98 Å². The number of amides is 1. The summed E-state index contributed by atoms with van der Waals surface area (Å²) in [6.45, 7) is 1.10. The molecule has 0 bridgehead atoms. The van der Waals surface area contributed by atoms with Crippen LogP contribution in [0.3, 0.4) is 0 Å². The maximum absolute atomic E-state index is 12.2. The fraction of sp³-hybridized carbons (Fsp3) is 0.158. The van der Waals surface area contributed by atoms with E-state index < -0.39 is 0 Å². The van der Waals surface area contributed by atoms with Gasteiger partial charge in [-0.2, -0.15) is 0 Å². The molecule has 0 fully saturated rings. The Balaban J connectivity index is 1.85. The number of para-hydroxylation sites is 1. The minimum atomic E-state index is -0.164. The van der Waals surface area contributed by atoms with Crippen LogP contribution in [0, 0.1) is 0 Å². The van der Waals surface area contributed by atoms with Crippen molar-refractivity contribution >= 4 is 22.4 Å². The second kappa shape index (κ2) is 8.46. The Morgan fingerprint density at radius 1 is 1.12 bits per heavy atom. The molecule has 0 radical (unpaired) electrons. The molecule has 1 aromatic heterocycles. The van der Waals surface area contributed by atoms with Crippen molar-refractivity contribution in [2.75, 3.05) is 25.5 Å². The maximum Gasteiger partial charge on any atom is 0.263 e. The number of carbonyl (C=O) groups is 1. The van der Waals surface area contributed by atoms with Gasteiger partial charge < -0.3 is 21.1 Å². The van der Waals surface area contributed by atoms with Gasteiger partial charge in [0.05, 0.1) is 5.69 Å². The highest BCUT2D eigenvalue weighted by Gasteiger charge is 2.18. The van der Waals surface area contributed by atoms with Gasteiger partial charge in [-0.05, 0) is 36.4 Å². The Morgan fingerprint density at radius 2 is 1.81 bits per heavy atom. The number of benzene rings is 2. The topological polar surface area (TPSA) is 89.3 Å². The Hall–Kier alpha value is -2.90. The smallest absolute Gasteiger partial charge is 0.263 e. The predicted molar refractivity (Wildman–Crippen MR) is 105 cm³/mol. The molecule has 7 heteroatoms. The van der Waals surface area contributed by atoms with Crippen LogP contribution in [0.25, 0.3) is 11.3 Å². The molecule has 0 saturated heterocycles. The summed E-state index contributed by atoms with van der Waals surface area (Å²) in [5.74, 6) is 1.33. The van der Waals surface area contributed by atoms with Crippen molar-refractivity contribution < 1.29 is 9.53 Å². The normalized spacial score (nSPS) is 10.4. The zero-order valence-electron chi connectivity index (χ0n) is 14.4. The molecule has 6 nitrogen and oxygen atoms in total. The summed E-state index contributed by atoms with van der Waals surface area (Å²) in [4.78, 5) is 17.3. The first-order valence-electron chi connectivity index (χ1n) is 8.21. The number of rotatable bonds is 7. The molecule has 4 N–H and O–H groups in total. The average Bonchev–Trinajstić information content (AvgIpc) is 3.11. The van der Waals surface area contributed by atoms with Crippen LogP contribution >= 0.6 is 11.3 Å². The summed E-state index contributed by atoms with van der Waals surface area (Å²) >= 11 is 1.31. The Kier molecular flexibility index (Phi) is 5.83. The highest BCUT2D eigenvalue weighted by Crippen LogP contribution is 2.32. The molecule has 3 rings (SSSR count). The van der Waals surface area contributed by atoms with E-state index in [4.69, 9.17) is 10.5 Å². The van der Waals surface area contributed by atoms with Gasteiger partial charge in [0.25, 0.3) is 5.91 Å². The minimum absolute atomic E-state index is 0.164. The molecule has 26 heavy (non-hydrogen) atoms. The number of ether oxygens (including phenoxy) is 1. The van der Waals surface area contributed by atoms with Crippen molar-refractivity contribution in [2.24, 2.45) is 5.73 Å². The Labute approximate surface area is 156 Å². The summed E-state index contributed by atoms with van der Waals surface area (Å²) < 4.78 is 5.80. The predicted octanol–water partition coefficient (Wildman–Crippen LogP) is 3.33. The molecule has 0 aliphatic heterocycles. The van der Waals surface area contributed by atoms with Gasteiger partial charge in [0.15, 0.2) is 5.13 Å². The van der Waals surface area contributed by atoms with E-state index in [1.54, 1.807) is 7.05 Å². The van der Waals surface area contributed by atoms with Crippen LogP contribution in [-0.2, 0) is 0 Å². The van der Waals surface area contributed by atoms with Crippen LogP contribution in [0.4, 0.5) is 5.13 Å². The molecule has 0 saturated carbocycles. The lowest BCUT2D eigenvalue weighted by Crippen LogP contribution is -2.17. The van der Waals surface area contributed by atoms with Crippen LogP contribution in [0.2, 0.25) is 0 Å². The van der Waals surface area contributed by atoms with Crippen molar-refractivity contribution in [3.63, 3.8) is 0 Å². The monoisotopic (exact) mass is 368 g/mol. The first kappa shape index (κ1) is 17.9. The highest BCUT2D eigenvalue weighted by atomic mass is 32.1. The van der Waals surface area contributed by atoms with Gasteiger partial charge in [-0.15, -0.1) is 0 Å². The Bertz CT molecular complexity index is 863. The van der Waals surface area contributed by atoms with Gasteiger partial charge in [0, 0.05) is 25.7 Å². The van der Waals surface area contributed by atoms with Gasteiger partial charge >= 0.3 is 0 Å². The first-order chi connectivity index (χ1) is 12.7. The van der Waals surface area contributed by atoms with E-state index >= 15 is 0 Å². The fourth-order valence-electron chi connectivity index (χ4n) is 2.34. The third-order valence-electron chi connectivity index (χ3n) is 3.59. The zero-order chi connectivity index (χ0) is 18.4. The second-order valence-electron chi connectivity index (χ2n) is 5.43. The van der Waals surface area contributed by atoms with E-state index in [1.165, 1.54) is 11.3 Å². The lowest BCUT2D eigenvalue weighted by molar-refractivity contribution is 0.0967. The molecular formula is C19H20N4O2S. The van der Waals surface area contributed by atoms with E-state index in [0.29, 0.717) is 28.8 Å². The van der Waals surface area contributed by atoms with E-state index in [2.05, 4.69) is 15.6 Å². The number of nitrogens with one attached hydrogen (secondary N) is 2. The number of carbonyl (C=O) groups excluding carboxylic acids is 1. The lowest BCUT2D eigenvalue weighted by atomic mass is 10.1. The molecule has 0 aliphatic carbocycles. The van der Waals surface area contributed by atoms with E-state index in [-0.39, 0.29) is 5.91 Å². The number of nitrogens with two attached hydrogens (primary N) is 1. The molecular weight excluding hydrogens is 348 g/mol. The molecule has 1 amide bonds. The first-order valence-corrected chi connectivity index (χ1v) is 9.03. The quantitative estimate of drug-likeness (QED) is 0.595. The Morgan fingerprint density at radius 3 is 2.46 bits per heavy atom. The zero-order valence-corrected chi connectivity index (χ0v) is 15.2. The van der Waals surface area contributed by atoms with Crippen LogP contribution in [0.5, 0.6) is 11.5 Å². The summed E-state index contributed by atoms with van der Waals surface area (Å²) in [6, 6.07) is 17.1. The van der Waals surface area contributed by atoms with Gasteiger partial charge in [0.2, 0.25) is 0 Å². The summed E-state index contributed by atoms with van der Waals surface area (Å²) in [5, 5.41) is 6.46. The van der Waals surface area contributed by atoms with Crippen LogP contribution < -0.4 is 21.1 Å². The number of hydrogen-bond acceptors (Lipinski definition) is 6. The number of anilines is 1. The largest absolute Gasteiger partial charge is 0.457 e. The van der Waals surface area contributed by atoms with Crippen LogP contribution in [0.1, 0.15) is 9.67 Å². The van der Waals surface area contributed by atoms with Gasteiger partial charge in [-0.1, -0.05) is 29.5 Å².